The SMILES string of the molecule is CCCS(=O)(=O)ON1CCNC(CCO)C1O. The molecule has 0 spiro atoms. The molecule has 8 heteroatoms. The molecule has 0 aromatic carbocycles. The molecule has 0 aliphatic carbocycles. The van der Waals surface area contributed by atoms with E-state index in [2.05, 4.69) is 5.32 Å². The average Bonchev–Trinajstić information content (AvgIpc) is 2.24. The molecule has 0 saturated carbocycles. The van der Waals surface area contributed by atoms with Gasteiger partial charge < -0.3 is 15.5 Å². The fourth-order valence-electron chi connectivity index (χ4n) is 1.70. The molecule has 0 aromatic heterocycles. The number of nitrogens with zero attached hydrogens (tertiary/aromatic N) is 1. The fraction of sp³-hybridized carbons (Fsp3) is 1.00. The summed E-state index contributed by atoms with van der Waals surface area (Å²) in [6.45, 7) is 2.45. The second-order valence-electron chi connectivity index (χ2n) is 3.96. The molecular weight excluding hydrogens is 248 g/mol. The summed E-state index contributed by atoms with van der Waals surface area (Å²) in [7, 11) is -3.63. The van der Waals surface area contributed by atoms with Crippen molar-refractivity contribution in [3.8, 4) is 0 Å². The fourth-order valence-corrected chi connectivity index (χ4v) is 2.73. The van der Waals surface area contributed by atoms with E-state index in [1.165, 1.54) is 0 Å². The highest BCUT2D eigenvalue weighted by Crippen LogP contribution is 2.13. The Kier molecular flexibility index (Phi) is 5.77. The first-order valence-corrected chi connectivity index (χ1v) is 7.29. The summed E-state index contributed by atoms with van der Waals surface area (Å²) in [6.07, 6.45) is -0.262. The van der Waals surface area contributed by atoms with E-state index in [9.17, 15) is 13.5 Å². The maximum atomic E-state index is 11.5. The second-order valence-corrected chi connectivity index (χ2v) is 5.64. The largest absolute Gasteiger partial charge is 0.396 e. The van der Waals surface area contributed by atoms with Gasteiger partial charge in [-0.3, -0.25) is 0 Å². The maximum absolute atomic E-state index is 11.5. The first kappa shape index (κ1) is 14.8. The van der Waals surface area contributed by atoms with Crippen LogP contribution in [0.1, 0.15) is 19.8 Å². The standard InChI is InChI=1S/C9H20N2O5S/c1-2-7-17(14,15)16-11-5-4-10-8(3-6-12)9(11)13/h8-10,12-13H,2-7H2,1H3. The number of aliphatic hydroxyl groups is 2. The molecule has 0 radical (unpaired) electrons. The van der Waals surface area contributed by atoms with Crippen LogP contribution < -0.4 is 5.32 Å². The van der Waals surface area contributed by atoms with Crippen molar-refractivity contribution in [1.29, 1.82) is 0 Å². The molecule has 17 heavy (non-hydrogen) atoms. The Balaban J connectivity index is 2.58. The molecule has 1 rings (SSSR count). The van der Waals surface area contributed by atoms with E-state index in [-0.39, 0.29) is 24.9 Å². The van der Waals surface area contributed by atoms with Gasteiger partial charge in [-0.2, -0.15) is 12.7 Å². The van der Waals surface area contributed by atoms with E-state index in [1.807, 2.05) is 0 Å². The topological polar surface area (TPSA) is 99.1 Å². The minimum atomic E-state index is -3.63. The zero-order chi connectivity index (χ0) is 12.9. The van der Waals surface area contributed by atoms with Gasteiger partial charge in [0.25, 0.3) is 10.1 Å². The smallest absolute Gasteiger partial charge is 0.283 e. The van der Waals surface area contributed by atoms with Crippen molar-refractivity contribution < 1.29 is 22.9 Å². The number of aliphatic hydroxyl groups excluding tert-OH is 2. The van der Waals surface area contributed by atoms with Crippen LogP contribution in [-0.4, -0.2) is 61.4 Å². The third kappa shape index (κ3) is 4.49. The molecule has 3 N–H and O–H groups in total. The van der Waals surface area contributed by atoms with Crippen molar-refractivity contribution in [1.82, 2.24) is 10.4 Å². The number of rotatable bonds is 6. The van der Waals surface area contributed by atoms with Crippen molar-refractivity contribution >= 4 is 10.1 Å². The molecule has 1 aliphatic heterocycles. The molecule has 1 fully saturated rings. The highest BCUT2D eigenvalue weighted by atomic mass is 32.2. The summed E-state index contributed by atoms with van der Waals surface area (Å²) >= 11 is 0. The molecule has 1 saturated heterocycles. The van der Waals surface area contributed by atoms with Gasteiger partial charge in [-0.1, -0.05) is 6.92 Å². The van der Waals surface area contributed by atoms with Crippen molar-refractivity contribution in [3.63, 3.8) is 0 Å². The Morgan fingerprint density at radius 3 is 2.82 bits per heavy atom. The van der Waals surface area contributed by atoms with Crippen LogP contribution in [0.3, 0.4) is 0 Å². The predicted molar refractivity (Wildman–Crippen MR) is 61.4 cm³/mol. The summed E-state index contributed by atoms with van der Waals surface area (Å²) in [5.74, 6) is -0.0751. The molecule has 0 bridgehead atoms. The molecule has 0 aromatic rings. The highest BCUT2D eigenvalue weighted by Gasteiger charge is 2.32. The summed E-state index contributed by atoms with van der Waals surface area (Å²) in [5.41, 5.74) is 0. The minimum absolute atomic E-state index is 0.0751. The molecule has 0 amide bonds. The van der Waals surface area contributed by atoms with Crippen molar-refractivity contribution in [2.24, 2.45) is 0 Å². The van der Waals surface area contributed by atoms with Gasteiger partial charge >= 0.3 is 0 Å². The lowest BCUT2D eigenvalue weighted by atomic mass is 10.1. The minimum Gasteiger partial charge on any atom is -0.396 e. The van der Waals surface area contributed by atoms with Crippen LogP contribution in [-0.2, 0) is 14.4 Å². The van der Waals surface area contributed by atoms with Crippen molar-refractivity contribution in [3.05, 3.63) is 0 Å². The number of hydroxylamine groups is 2. The lowest BCUT2D eigenvalue weighted by Gasteiger charge is -2.36. The molecule has 7 nitrogen and oxygen atoms in total. The van der Waals surface area contributed by atoms with Crippen LogP contribution in [0.4, 0.5) is 0 Å². The Hall–Kier alpha value is -0.250. The van der Waals surface area contributed by atoms with Gasteiger partial charge in [0.15, 0.2) is 0 Å². The van der Waals surface area contributed by atoms with Crippen molar-refractivity contribution in [2.45, 2.75) is 32.0 Å². The second kappa shape index (κ2) is 6.62. The van der Waals surface area contributed by atoms with Gasteiger partial charge in [-0.05, 0) is 12.8 Å². The quantitative estimate of drug-likeness (QED) is 0.546. The van der Waals surface area contributed by atoms with Crippen LogP contribution in [0.15, 0.2) is 0 Å². The highest BCUT2D eigenvalue weighted by molar-refractivity contribution is 7.86. The monoisotopic (exact) mass is 268 g/mol. The van der Waals surface area contributed by atoms with Crippen LogP contribution in [0.5, 0.6) is 0 Å². The average molecular weight is 268 g/mol. The molecule has 2 unspecified atom stereocenters. The van der Waals surface area contributed by atoms with Gasteiger partial charge in [-0.15, -0.1) is 5.06 Å². The predicted octanol–water partition coefficient (Wildman–Crippen LogP) is -1.37. The van der Waals surface area contributed by atoms with Gasteiger partial charge in [0.2, 0.25) is 0 Å². The van der Waals surface area contributed by atoms with Gasteiger partial charge in [0.1, 0.15) is 6.23 Å². The molecule has 2 atom stereocenters. The molecule has 1 heterocycles. The summed E-state index contributed by atoms with van der Waals surface area (Å²) in [4.78, 5) is 0. The summed E-state index contributed by atoms with van der Waals surface area (Å²) in [5, 5.41) is 22.7. The third-order valence-corrected chi connectivity index (χ3v) is 3.82. The van der Waals surface area contributed by atoms with Crippen LogP contribution >= 0.6 is 0 Å². The molecule has 102 valence electrons. The first-order chi connectivity index (χ1) is 8.00. The lowest BCUT2D eigenvalue weighted by molar-refractivity contribution is -0.194. The van der Waals surface area contributed by atoms with Gasteiger partial charge in [-0.25, -0.2) is 0 Å². The van der Waals surface area contributed by atoms with E-state index in [0.29, 0.717) is 19.4 Å². The lowest BCUT2D eigenvalue weighted by Crippen LogP contribution is -2.58. The number of hydrogen-bond acceptors (Lipinski definition) is 7. The maximum Gasteiger partial charge on any atom is 0.283 e. The zero-order valence-corrected chi connectivity index (χ0v) is 10.7. The number of piperazine rings is 1. The van der Waals surface area contributed by atoms with E-state index in [0.717, 1.165) is 5.06 Å². The van der Waals surface area contributed by atoms with E-state index >= 15 is 0 Å². The van der Waals surface area contributed by atoms with Gasteiger partial charge in [0.05, 0.1) is 11.8 Å². The normalized spacial score (nSPS) is 27.2. The zero-order valence-electron chi connectivity index (χ0n) is 9.87. The molecule has 1 aliphatic rings. The van der Waals surface area contributed by atoms with Crippen molar-refractivity contribution in [2.75, 3.05) is 25.4 Å². The third-order valence-electron chi connectivity index (χ3n) is 2.50. The summed E-state index contributed by atoms with van der Waals surface area (Å²) < 4.78 is 27.8. The Morgan fingerprint density at radius 1 is 1.53 bits per heavy atom. The number of nitrogens with one attached hydrogen (secondary N) is 1. The van der Waals surface area contributed by atoms with Crippen LogP contribution in [0.2, 0.25) is 0 Å². The Bertz CT molecular complexity index is 319. The first-order valence-electron chi connectivity index (χ1n) is 5.71. The van der Waals surface area contributed by atoms with Crippen LogP contribution in [0.25, 0.3) is 0 Å². The van der Waals surface area contributed by atoms with E-state index in [4.69, 9.17) is 9.39 Å². The van der Waals surface area contributed by atoms with Gasteiger partial charge in [0, 0.05) is 19.7 Å². The van der Waals surface area contributed by atoms with E-state index < -0.39 is 16.3 Å². The van der Waals surface area contributed by atoms with Crippen LogP contribution in [0, 0.1) is 0 Å². The summed E-state index contributed by atoms with van der Waals surface area (Å²) in [6, 6.07) is -0.384. The van der Waals surface area contributed by atoms with E-state index in [1.54, 1.807) is 6.92 Å². The molecular formula is C9H20N2O5S. The Morgan fingerprint density at radius 2 is 2.24 bits per heavy atom. The Labute approximate surface area is 101 Å². The number of hydrogen-bond donors (Lipinski definition) is 3.